The first-order valence-electron chi connectivity index (χ1n) is 11.7. The van der Waals surface area contributed by atoms with E-state index in [1.165, 1.54) is 30.5 Å². The molecule has 0 unspecified atom stereocenters. The number of hydrogen-bond acceptors (Lipinski definition) is 8. The number of aliphatic hydroxyl groups is 1. The summed E-state index contributed by atoms with van der Waals surface area (Å²) in [6, 6.07) is 16.0. The van der Waals surface area contributed by atoms with Crippen LogP contribution in [0, 0.1) is 13.8 Å². The molecule has 1 amide bonds. The highest BCUT2D eigenvalue weighted by molar-refractivity contribution is 7.22. The van der Waals surface area contributed by atoms with Crippen LogP contribution in [-0.4, -0.2) is 42.0 Å². The van der Waals surface area contributed by atoms with Gasteiger partial charge in [0.1, 0.15) is 11.5 Å². The third-order valence-electron chi connectivity index (χ3n) is 6.46. The standard InChI is InChI=1S/C29H24N2O6S/c1-15-12-16(2)23-21(13-15)38-29(30-23)31-24(17-8-10-18(11-9-17)28(35)37-4)22(26(33)27(31)34)25(32)19-6-5-7-20(14-19)36-3/h5-14,24,32H,1-4H3/t24-/m0/s1. The minimum atomic E-state index is -0.977. The zero-order chi connectivity index (χ0) is 27.1. The first kappa shape index (κ1) is 25.2. The second kappa shape index (κ2) is 9.75. The Kier molecular flexibility index (Phi) is 6.46. The lowest BCUT2D eigenvalue weighted by Crippen LogP contribution is -2.29. The number of methoxy groups -OCH3 is 2. The lowest BCUT2D eigenvalue weighted by Gasteiger charge is -2.23. The van der Waals surface area contributed by atoms with Gasteiger partial charge in [-0.25, -0.2) is 9.78 Å². The van der Waals surface area contributed by atoms with Crippen LogP contribution in [0.5, 0.6) is 5.75 Å². The number of ether oxygens (including phenoxy) is 2. The lowest BCUT2D eigenvalue weighted by atomic mass is 9.94. The van der Waals surface area contributed by atoms with Gasteiger partial charge in [-0.15, -0.1) is 0 Å². The van der Waals surface area contributed by atoms with Crippen LogP contribution in [-0.2, 0) is 14.3 Å². The number of carbonyl (C=O) groups is 3. The molecular formula is C29H24N2O6S. The molecule has 0 spiro atoms. The predicted octanol–water partition coefficient (Wildman–Crippen LogP) is 5.33. The molecular weight excluding hydrogens is 504 g/mol. The number of Topliss-reactive ketones (excluding diaryl/α,β-unsaturated/α-hetero) is 1. The maximum Gasteiger partial charge on any atom is 0.337 e. The minimum Gasteiger partial charge on any atom is -0.507 e. The second-order valence-electron chi connectivity index (χ2n) is 8.94. The number of aryl methyl sites for hydroxylation is 2. The molecule has 0 aliphatic carbocycles. The molecule has 8 nitrogen and oxygen atoms in total. The number of thiazole rings is 1. The molecule has 5 rings (SSSR count). The zero-order valence-electron chi connectivity index (χ0n) is 21.1. The molecule has 0 saturated carbocycles. The van der Waals surface area contributed by atoms with Crippen LogP contribution in [0.3, 0.4) is 0 Å². The normalized spacial score (nSPS) is 16.7. The van der Waals surface area contributed by atoms with Gasteiger partial charge in [-0.1, -0.05) is 41.7 Å². The molecule has 1 N–H and O–H groups in total. The van der Waals surface area contributed by atoms with Gasteiger partial charge in [0.25, 0.3) is 5.78 Å². The topological polar surface area (TPSA) is 106 Å². The number of fused-ring (bicyclic) bond motifs is 1. The second-order valence-corrected chi connectivity index (χ2v) is 9.95. The first-order valence-corrected chi connectivity index (χ1v) is 12.6. The van der Waals surface area contributed by atoms with Crippen molar-refractivity contribution >= 4 is 50.1 Å². The summed E-state index contributed by atoms with van der Waals surface area (Å²) in [6.07, 6.45) is 0. The van der Waals surface area contributed by atoms with Crippen LogP contribution in [0.15, 0.2) is 66.2 Å². The van der Waals surface area contributed by atoms with E-state index < -0.39 is 23.7 Å². The Morgan fingerprint density at radius 2 is 1.74 bits per heavy atom. The molecule has 0 radical (unpaired) electrons. The number of anilines is 1. The first-order chi connectivity index (χ1) is 18.2. The Balaban J connectivity index is 1.72. The van der Waals surface area contributed by atoms with E-state index in [-0.39, 0.29) is 11.3 Å². The number of benzene rings is 3. The van der Waals surface area contributed by atoms with Crippen molar-refractivity contribution in [1.29, 1.82) is 0 Å². The SMILES string of the molecule is COC(=O)c1ccc([C@H]2C(=C(O)c3cccc(OC)c3)C(=O)C(=O)N2c2nc3c(C)cc(C)cc3s2)cc1. The quantitative estimate of drug-likeness (QED) is 0.161. The van der Waals surface area contributed by atoms with Gasteiger partial charge in [-0.2, -0.15) is 0 Å². The van der Waals surface area contributed by atoms with Crippen LogP contribution >= 0.6 is 11.3 Å². The molecule has 1 saturated heterocycles. The van der Waals surface area contributed by atoms with Crippen molar-refractivity contribution in [3.63, 3.8) is 0 Å². The number of esters is 1. The van der Waals surface area contributed by atoms with E-state index in [0.29, 0.717) is 27.6 Å². The number of carbonyl (C=O) groups excluding carboxylic acids is 3. The smallest absolute Gasteiger partial charge is 0.337 e. The fraction of sp³-hybridized carbons (Fsp3) is 0.172. The maximum absolute atomic E-state index is 13.5. The fourth-order valence-corrected chi connectivity index (χ4v) is 5.82. The van der Waals surface area contributed by atoms with E-state index in [9.17, 15) is 19.5 Å². The average Bonchev–Trinajstić information content (AvgIpc) is 3.46. The number of nitrogens with zero attached hydrogens (tertiary/aromatic N) is 2. The Bertz CT molecular complexity index is 1640. The van der Waals surface area contributed by atoms with Crippen LogP contribution in [0.2, 0.25) is 0 Å². The molecule has 3 aromatic carbocycles. The van der Waals surface area contributed by atoms with Gasteiger partial charge < -0.3 is 14.6 Å². The van der Waals surface area contributed by atoms with Crippen molar-refractivity contribution in [3.8, 4) is 5.75 Å². The van der Waals surface area contributed by atoms with Gasteiger partial charge in [-0.3, -0.25) is 14.5 Å². The van der Waals surface area contributed by atoms with Crippen LogP contribution in [0.1, 0.15) is 38.7 Å². The van der Waals surface area contributed by atoms with Gasteiger partial charge in [0, 0.05) is 5.56 Å². The number of hydrogen-bond donors (Lipinski definition) is 1. The Morgan fingerprint density at radius 1 is 1.00 bits per heavy atom. The predicted molar refractivity (Wildman–Crippen MR) is 145 cm³/mol. The van der Waals surface area contributed by atoms with Gasteiger partial charge in [0.2, 0.25) is 0 Å². The average molecular weight is 529 g/mol. The summed E-state index contributed by atoms with van der Waals surface area (Å²) in [7, 11) is 2.79. The Hall–Kier alpha value is -4.50. The van der Waals surface area contributed by atoms with E-state index in [4.69, 9.17) is 14.5 Å². The van der Waals surface area contributed by atoms with Gasteiger partial charge in [-0.05, 0) is 60.9 Å². The molecule has 1 fully saturated rings. The van der Waals surface area contributed by atoms with Crippen LogP contribution in [0.4, 0.5) is 5.13 Å². The Morgan fingerprint density at radius 3 is 2.42 bits per heavy atom. The molecule has 4 aromatic rings. The van der Waals surface area contributed by atoms with E-state index in [1.54, 1.807) is 48.5 Å². The zero-order valence-corrected chi connectivity index (χ0v) is 22.0. The van der Waals surface area contributed by atoms with Gasteiger partial charge in [0.05, 0.1) is 41.6 Å². The molecule has 0 bridgehead atoms. The summed E-state index contributed by atoms with van der Waals surface area (Å²) in [5, 5.41) is 11.7. The largest absolute Gasteiger partial charge is 0.507 e. The molecule has 9 heteroatoms. The molecule has 38 heavy (non-hydrogen) atoms. The fourth-order valence-electron chi connectivity index (χ4n) is 4.65. The number of amides is 1. The number of aromatic nitrogens is 1. The number of ketones is 1. The van der Waals surface area contributed by atoms with E-state index in [0.717, 1.165) is 21.3 Å². The highest BCUT2D eigenvalue weighted by Gasteiger charge is 2.48. The summed E-state index contributed by atoms with van der Waals surface area (Å²) in [6.45, 7) is 3.92. The van der Waals surface area contributed by atoms with Crippen LogP contribution in [0.25, 0.3) is 16.0 Å². The number of rotatable bonds is 5. The highest BCUT2D eigenvalue weighted by atomic mass is 32.1. The van der Waals surface area contributed by atoms with Gasteiger partial charge >= 0.3 is 11.9 Å². The van der Waals surface area contributed by atoms with Crippen molar-refractivity contribution in [2.75, 3.05) is 19.1 Å². The molecule has 1 aromatic heterocycles. The summed E-state index contributed by atoms with van der Waals surface area (Å²) >= 11 is 1.30. The lowest BCUT2D eigenvalue weighted by molar-refractivity contribution is -0.132. The van der Waals surface area contributed by atoms with Gasteiger partial charge in [0.15, 0.2) is 5.13 Å². The number of aliphatic hydroxyl groups excluding tert-OH is 1. The van der Waals surface area contributed by atoms with E-state index in [1.807, 2.05) is 26.0 Å². The maximum atomic E-state index is 13.5. The summed E-state index contributed by atoms with van der Waals surface area (Å²) in [4.78, 5) is 45.0. The molecule has 2 heterocycles. The molecule has 192 valence electrons. The van der Waals surface area contributed by atoms with E-state index in [2.05, 4.69) is 0 Å². The highest BCUT2D eigenvalue weighted by Crippen LogP contribution is 2.45. The molecule has 1 aliphatic heterocycles. The van der Waals surface area contributed by atoms with Crippen molar-refractivity contribution < 1.29 is 29.0 Å². The van der Waals surface area contributed by atoms with Crippen LogP contribution < -0.4 is 9.64 Å². The van der Waals surface area contributed by atoms with Crippen molar-refractivity contribution in [3.05, 3.63) is 94.1 Å². The van der Waals surface area contributed by atoms with E-state index >= 15 is 0 Å². The molecule has 1 aliphatic rings. The van der Waals surface area contributed by atoms with Crippen molar-refractivity contribution in [2.45, 2.75) is 19.9 Å². The Labute approximate surface area is 222 Å². The summed E-state index contributed by atoms with van der Waals surface area (Å²) in [5.74, 6) is -2.00. The van der Waals surface area contributed by atoms with Crippen molar-refractivity contribution in [1.82, 2.24) is 4.98 Å². The summed E-state index contributed by atoms with van der Waals surface area (Å²) in [5.41, 5.74) is 3.83. The third kappa shape index (κ3) is 4.20. The molecule has 1 atom stereocenters. The third-order valence-corrected chi connectivity index (χ3v) is 7.46. The monoisotopic (exact) mass is 528 g/mol. The summed E-state index contributed by atoms with van der Waals surface area (Å²) < 4.78 is 10.9. The minimum absolute atomic E-state index is 0.0822. The van der Waals surface area contributed by atoms with Crippen molar-refractivity contribution in [2.24, 2.45) is 0 Å².